The molecule has 1 aliphatic rings. The molecule has 0 bridgehead atoms. The molecule has 0 spiro atoms. The maximum absolute atomic E-state index is 13.2. The van der Waals surface area contributed by atoms with Crippen molar-refractivity contribution in [2.75, 3.05) is 30.4 Å². The number of carbonyl (C=O) groups excluding carboxylic acids is 1. The van der Waals surface area contributed by atoms with Crippen molar-refractivity contribution in [1.82, 2.24) is 10.2 Å². The summed E-state index contributed by atoms with van der Waals surface area (Å²) in [6.45, 7) is 2.03. The third kappa shape index (κ3) is 4.88. The van der Waals surface area contributed by atoms with E-state index in [2.05, 4.69) is 20.4 Å². The van der Waals surface area contributed by atoms with E-state index in [0.29, 0.717) is 16.5 Å². The minimum Gasteiger partial charge on any atom is -0.495 e. The van der Waals surface area contributed by atoms with Gasteiger partial charge in [0.25, 0.3) is 0 Å². The van der Waals surface area contributed by atoms with Crippen LogP contribution in [0.15, 0.2) is 52.9 Å². The number of hydrogen-bond acceptors (Lipinski definition) is 7. The molecule has 9 heteroatoms. The molecule has 4 rings (SSSR count). The fourth-order valence-corrected chi connectivity index (χ4v) is 5.58. The Bertz CT molecular complexity index is 1010. The standard InChI is InChI=1S/C21H21ClN4O2S2/c1-28-17-10-9-15(13-16(17)22)23-19(27)18(14-7-3-2-4-8-14)29-21-25-24-20(30-21)26-11-5-6-12-26/h2-4,7-10,13,18H,5-6,11-12H2,1H3,(H,23,27). The highest BCUT2D eigenvalue weighted by atomic mass is 35.5. The Kier molecular flexibility index (Phi) is 6.76. The van der Waals surface area contributed by atoms with Crippen LogP contribution in [0.4, 0.5) is 10.8 Å². The van der Waals surface area contributed by atoms with Crippen LogP contribution in [0.3, 0.4) is 0 Å². The molecule has 1 amide bonds. The third-order valence-electron chi connectivity index (χ3n) is 4.75. The van der Waals surface area contributed by atoms with Crippen LogP contribution in [0.1, 0.15) is 23.7 Å². The van der Waals surface area contributed by atoms with Crippen LogP contribution in [0.2, 0.25) is 5.02 Å². The van der Waals surface area contributed by atoms with Crippen molar-refractivity contribution in [2.24, 2.45) is 0 Å². The van der Waals surface area contributed by atoms with Gasteiger partial charge in [-0.15, -0.1) is 10.2 Å². The van der Waals surface area contributed by atoms with Crippen molar-refractivity contribution in [3.05, 3.63) is 59.1 Å². The number of hydrogen-bond donors (Lipinski definition) is 1. The highest BCUT2D eigenvalue weighted by Crippen LogP contribution is 2.40. The van der Waals surface area contributed by atoms with E-state index in [0.717, 1.165) is 28.1 Å². The van der Waals surface area contributed by atoms with Crippen LogP contribution >= 0.6 is 34.7 Å². The van der Waals surface area contributed by atoms with Crippen molar-refractivity contribution in [3.63, 3.8) is 0 Å². The summed E-state index contributed by atoms with van der Waals surface area (Å²) in [6.07, 6.45) is 2.36. The van der Waals surface area contributed by atoms with Gasteiger partial charge in [0.15, 0.2) is 4.34 Å². The van der Waals surface area contributed by atoms with Gasteiger partial charge in [-0.2, -0.15) is 0 Å². The first-order chi connectivity index (χ1) is 14.6. The number of carbonyl (C=O) groups is 1. The van der Waals surface area contributed by atoms with Crippen molar-refractivity contribution in [3.8, 4) is 5.75 Å². The second-order valence-electron chi connectivity index (χ2n) is 6.79. The van der Waals surface area contributed by atoms with Crippen molar-refractivity contribution in [1.29, 1.82) is 0 Å². The second kappa shape index (κ2) is 9.68. The number of ether oxygens (including phenoxy) is 1. The van der Waals surface area contributed by atoms with Crippen LogP contribution < -0.4 is 15.0 Å². The van der Waals surface area contributed by atoms with Gasteiger partial charge in [0.05, 0.1) is 12.1 Å². The van der Waals surface area contributed by atoms with Crippen molar-refractivity contribution in [2.45, 2.75) is 22.4 Å². The monoisotopic (exact) mass is 460 g/mol. The summed E-state index contributed by atoms with van der Waals surface area (Å²) in [6, 6.07) is 14.9. The Balaban J connectivity index is 1.54. The molecule has 1 aromatic heterocycles. The van der Waals surface area contributed by atoms with Gasteiger partial charge in [0.2, 0.25) is 11.0 Å². The number of nitrogens with one attached hydrogen (secondary N) is 1. The lowest BCUT2D eigenvalue weighted by Crippen LogP contribution is -2.19. The molecule has 30 heavy (non-hydrogen) atoms. The average Bonchev–Trinajstić information content (AvgIpc) is 3.44. The van der Waals surface area contributed by atoms with E-state index in [1.165, 1.54) is 35.9 Å². The largest absolute Gasteiger partial charge is 0.495 e. The minimum absolute atomic E-state index is 0.148. The average molecular weight is 461 g/mol. The normalized spacial score (nSPS) is 14.5. The topological polar surface area (TPSA) is 67.3 Å². The molecule has 0 aliphatic carbocycles. The van der Waals surface area contributed by atoms with Gasteiger partial charge >= 0.3 is 0 Å². The second-order valence-corrected chi connectivity index (χ2v) is 9.51. The van der Waals surface area contributed by atoms with Gasteiger partial charge in [0.1, 0.15) is 11.0 Å². The van der Waals surface area contributed by atoms with Gasteiger partial charge < -0.3 is 15.0 Å². The number of benzene rings is 2. The summed E-state index contributed by atoms with van der Waals surface area (Å²) in [5.74, 6) is 0.414. The van der Waals surface area contributed by atoms with Gasteiger partial charge in [-0.25, -0.2) is 0 Å². The molecule has 0 saturated carbocycles. The molecule has 1 fully saturated rings. The summed E-state index contributed by atoms with van der Waals surface area (Å²) < 4.78 is 5.95. The number of anilines is 2. The lowest BCUT2D eigenvalue weighted by Gasteiger charge is -2.16. The molecule has 2 heterocycles. The zero-order valence-electron chi connectivity index (χ0n) is 16.4. The lowest BCUT2D eigenvalue weighted by molar-refractivity contribution is -0.115. The molecule has 0 radical (unpaired) electrons. The minimum atomic E-state index is -0.466. The molecule has 1 saturated heterocycles. The van der Waals surface area contributed by atoms with E-state index >= 15 is 0 Å². The summed E-state index contributed by atoms with van der Waals surface area (Å²) in [5.41, 5.74) is 1.51. The molecule has 2 aromatic carbocycles. The predicted octanol–water partition coefficient (Wildman–Crippen LogP) is 5.27. The molecular weight excluding hydrogens is 440 g/mol. The SMILES string of the molecule is COc1ccc(NC(=O)C(Sc2nnc(N3CCCC3)s2)c2ccccc2)cc1Cl. The number of aromatic nitrogens is 2. The van der Waals surface area contributed by atoms with Gasteiger partial charge in [0, 0.05) is 18.8 Å². The zero-order chi connectivity index (χ0) is 20.9. The Hall–Kier alpha value is -2.29. The van der Waals surface area contributed by atoms with E-state index in [9.17, 15) is 4.79 Å². The quantitative estimate of drug-likeness (QED) is 0.484. The molecule has 156 valence electrons. The number of nitrogens with zero attached hydrogens (tertiary/aromatic N) is 3. The van der Waals surface area contributed by atoms with Crippen LogP contribution in [-0.2, 0) is 4.79 Å². The molecule has 1 aliphatic heterocycles. The predicted molar refractivity (Wildman–Crippen MR) is 123 cm³/mol. The number of rotatable bonds is 7. The Morgan fingerprint density at radius 2 is 1.97 bits per heavy atom. The maximum atomic E-state index is 13.2. The van der Waals surface area contributed by atoms with Crippen LogP contribution in [0.25, 0.3) is 0 Å². The summed E-state index contributed by atoms with van der Waals surface area (Å²) >= 11 is 9.14. The first-order valence-electron chi connectivity index (χ1n) is 9.58. The van der Waals surface area contributed by atoms with Gasteiger partial charge in [-0.3, -0.25) is 4.79 Å². The number of methoxy groups -OCH3 is 1. The maximum Gasteiger partial charge on any atom is 0.242 e. The van der Waals surface area contributed by atoms with E-state index < -0.39 is 5.25 Å². The van der Waals surface area contributed by atoms with Crippen LogP contribution in [-0.4, -0.2) is 36.3 Å². The van der Waals surface area contributed by atoms with E-state index in [-0.39, 0.29) is 5.91 Å². The first-order valence-corrected chi connectivity index (χ1v) is 11.7. The molecule has 1 atom stereocenters. The van der Waals surface area contributed by atoms with Crippen molar-refractivity contribution >= 4 is 51.4 Å². The number of amides is 1. The summed E-state index contributed by atoms with van der Waals surface area (Å²) in [5, 5.41) is 12.5. The molecular formula is C21H21ClN4O2S2. The van der Waals surface area contributed by atoms with Crippen molar-refractivity contribution < 1.29 is 9.53 Å². The van der Waals surface area contributed by atoms with E-state index in [4.69, 9.17) is 16.3 Å². The fraction of sp³-hybridized carbons (Fsp3) is 0.286. The Morgan fingerprint density at radius 3 is 2.67 bits per heavy atom. The Labute approximate surface area is 188 Å². The molecule has 1 unspecified atom stereocenters. The third-order valence-corrected chi connectivity index (χ3v) is 7.37. The van der Waals surface area contributed by atoms with Crippen LogP contribution in [0.5, 0.6) is 5.75 Å². The smallest absolute Gasteiger partial charge is 0.242 e. The van der Waals surface area contributed by atoms with Gasteiger partial charge in [-0.05, 0) is 36.6 Å². The van der Waals surface area contributed by atoms with Crippen LogP contribution in [0, 0.1) is 0 Å². The summed E-state index contributed by atoms with van der Waals surface area (Å²) in [4.78, 5) is 15.4. The lowest BCUT2D eigenvalue weighted by atomic mass is 10.1. The zero-order valence-corrected chi connectivity index (χ0v) is 18.8. The van der Waals surface area contributed by atoms with E-state index in [1.807, 2.05) is 30.3 Å². The molecule has 6 nitrogen and oxygen atoms in total. The number of thioether (sulfide) groups is 1. The Morgan fingerprint density at radius 1 is 1.20 bits per heavy atom. The summed E-state index contributed by atoms with van der Waals surface area (Å²) in [7, 11) is 1.56. The highest BCUT2D eigenvalue weighted by molar-refractivity contribution is 8.02. The molecule has 3 aromatic rings. The highest BCUT2D eigenvalue weighted by Gasteiger charge is 2.25. The van der Waals surface area contributed by atoms with E-state index in [1.54, 1.807) is 25.3 Å². The molecule has 1 N–H and O–H groups in total. The fourth-order valence-electron chi connectivity index (χ4n) is 3.24. The first kappa shape index (κ1) is 21.0. The number of halogens is 1. The van der Waals surface area contributed by atoms with Gasteiger partial charge in [-0.1, -0.05) is 65.0 Å².